The Bertz CT molecular complexity index is 439. The predicted octanol–water partition coefficient (Wildman–Crippen LogP) is 2.05. The minimum Gasteiger partial charge on any atom is -0.495 e. The van der Waals surface area contributed by atoms with E-state index in [-0.39, 0.29) is 0 Å². The maximum atomic E-state index is 5.31. The number of anilines is 1. The minimum atomic E-state index is 0.730. The molecule has 0 aliphatic rings. The molecule has 16 heavy (non-hydrogen) atoms. The average molecular weight is 217 g/mol. The van der Waals surface area contributed by atoms with Gasteiger partial charge in [-0.05, 0) is 12.1 Å². The zero-order chi connectivity index (χ0) is 11.4. The van der Waals surface area contributed by atoms with Crippen molar-refractivity contribution in [3.05, 3.63) is 42.5 Å². The number of imidazole rings is 1. The Morgan fingerprint density at radius 3 is 2.88 bits per heavy atom. The van der Waals surface area contributed by atoms with E-state index in [9.17, 15) is 0 Å². The number of rotatable bonds is 4. The van der Waals surface area contributed by atoms with Crippen LogP contribution in [0.15, 0.2) is 36.7 Å². The number of para-hydroxylation sites is 2. The maximum Gasteiger partial charge on any atom is 0.142 e. The molecule has 4 heteroatoms. The molecule has 0 saturated heterocycles. The van der Waals surface area contributed by atoms with Crippen molar-refractivity contribution in [1.29, 1.82) is 0 Å². The van der Waals surface area contributed by atoms with E-state index in [1.165, 1.54) is 0 Å². The molecule has 1 aromatic heterocycles. The third kappa shape index (κ3) is 2.16. The van der Waals surface area contributed by atoms with Crippen molar-refractivity contribution >= 4 is 5.69 Å². The fourth-order valence-corrected chi connectivity index (χ4v) is 1.64. The van der Waals surface area contributed by atoms with Crippen LogP contribution in [0.1, 0.15) is 5.82 Å². The Morgan fingerprint density at radius 1 is 1.38 bits per heavy atom. The van der Waals surface area contributed by atoms with Gasteiger partial charge in [0.2, 0.25) is 0 Å². The second-order valence-corrected chi connectivity index (χ2v) is 3.56. The van der Waals surface area contributed by atoms with E-state index in [4.69, 9.17) is 4.74 Å². The Morgan fingerprint density at radius 2 is 2.19 bits per heavy atom. The lowest BCUT2D eigenvalue weighted by Gasteiger charge is -2.20. The number of hydrogen-bond acceptors (Lipinski definition) is 3. The van der Waals surface area contributed by atoms with Crippen LogP contribution in [0, 0.1) is 0 Å². The molecule has 0 aliphatic heterocycles. The van der Waals surface area contributed by atoms with Crippen LogP contribution < -0.4 is 9.64 Å². The number of methoxy groups -OCH3 is 1. The zero-order valence-electron chi connectivity index (χ0n) is 9.47. The van der Waals surface area contributed by atoms with Crippen molar-refractivity contribution in [3.63, 3.8) is 0 Å². The highest BCUT2D eigenvalue weighted by atomic mass is 16.5. The highest BCUT2D eigenvalue weighted by molar-refractivity contribution is 5.57. The molecule has 0 amide bonds. The van der Waals surface area contributed by atoms with Crippen LogP contribution in [-0.4, -0.2) is 24.1 Å². The normalized spacial score (nSPS) is 10.1. The first-order valence-electron chi connectivity index (χ1n) is 5.13. The molecule has 1 N–H and O–H groups in total. The van der Waals surface area contributed by atoms with Crippen molar-refractivity contribution in [3.8, 4) is 5.75 Å². The molecule has 4 nitrogen and oxygen atoms in total. The number of aromatic nitrogens is 2. The Labute approximate surface area is 94.9 Å². The third-order valence-electron chi connectivity index (χ3n) is 2.44. The standard InChI is InChI=1S/C12H15N3O/c1-15(9-12-13-7-8-14-12)10-5-3-4-6-11(10)16-2/h3-8H,9H2,1-2H3,(H,13,14). The predicted molar refractivity (Wildman–Crippen MR) is 63.7 cm³/mol. The van der Waals surface area contributed by atoms with Crippen LogP contribution in [0.2, 0.25) is 0 Å². The smallest absolute Gasteiger partial charge is 0.142 e. The van der Waals surface area contributed by atoms with Crippen LogP contribution >= 0.6 is 0 Å². The van der Waals surface area contributed by atoms with Gasteiger partial charge in [-0.15, -0.1) is 0 Å². The van der Waals surface area contributed by atoms with Gasteiger partial charge in [0.25, 0.3) is 0 Å². The Hall–Kier alpha value is -1.97. The molecule has 1 heterocycles. The van der Waals surface area contributed by atoms with Gasteiger partial charge in [0.15, 0.2) is 0 Å². The molecule has 0 radical (unpaired) electrons. The molecular formula is C12H15N3O. The zero-order valence-corrected chi connectivity index (χ0v) is 9.47. The van der Waals surface area contributed by atoms with E-state index in [1.54, 1.807) is 13.3 Å². The number of nitrogens with one attached hydrogen (secondary N) is 1. The average Bonchev–Trinajstić information content (AvgIpc) is 2.81. The molecule has 0 fully saturated rings. The van der Waals surface area contributed by atoms with Gasteiger partial charge in [0, 0.05) is 19.4 Å². The van der Waals surface area contributed by atoms with Crippen LogP contribution in [0.5, 0.6) is 5.75 Å². The second kappa shape index (κ2) is 4.70. The quantitative estimate of drug-likeness (QED) is 0.852. The summed E-state index contributed by atoms with van der Waals surface area (Å²) >= 11 is 0. The van der Waals surface area contributed by atoms with E-state index < -0.39 is 0 Å². The highest BCUT2D eigenvalue weighted by Crippen LogP contribution is 2.27. The third-order valence-corrected chi connectivity index (χ3v) is 2.44. The summed E-state index contributed by atoms with van der Waals surface area (Å²) in [6.07, 6.45) is 3.58. The largest absolute Gasteiger partial charge is 0.495 e. The molecule has 0 aliphatic carbocycles. The summed E-state index contributed by atoms with van der Waals surface area (Å²) in [5, 5.41) is 0. The molecule has 2 aromatic rings. The summed E-state index contributed by atoms with van der Waals surface area (Å²) in [5.41, 5.74) is 1.06. The van der Waals surface area contributed by atoms with Gasteiger partial charge in [-0.2, -0.15) is 0 Å². The number of H-pyrrole nitrogens is 1. The summed E-state index contributed by atoms with van der Waals surface area (Å²) in [7, 11) is 3.69. The molecule has 0 spiro atoms. The van der Waals surface area contributed by atoms with Crippen LogP contribution in [0.4, 0.5) is 5.69 Å². The monoisotopic (exact) mass is 217 g/mol. The molecule has 0 unspecified atom stereocenters. The first-order valence-corrected chi connectivity index (χ1v) is 5.13. The summed E-state index contributed by atoms with van der Waals surface area (Å²) in [5.74, 6) is 1.81. The fourth-order valence-electron chi connectivity index (χ4n) is 1.64. The van der Waals surface area contributed by atoms with Gasteiger partial charge in [0.05, 0.1) is 19.3 Å². The number of ether oxygens (including phenoxy) is 1. The van der Waals surface area contributed by atoms with Gasteiger partial charge in [-0.3, -0.25) is 0 Å². The Balaban J connectivity index is 2.17. The number of hydrogen-bond donors (Lipinski definition) is 1. The van der Waals surface area contributed by atoms with E-state index in [2.05, 4.69) is 14.9 Å². The summed E-state index contributed by atoms with van der Waals surface area (Å²) in [6.45, 7) is 0.730. The minimum absolute atomic E-state index is 0.730. The summed E-state index contributed by atoms with van der Waals surface area (Å²) < 4.78 is 5.31. The summed E-state index contributed by atoms with van der Waals surface area (Å²) in [4.78, 5) is 9.38. The van der Waals surface area contributed by atoms with Gasteiger partial charge in [0.1, 0.15) is 11.6 Å². The van der Waals surface area contributed by atoms with Gasteiger partial charge >= 0.3 is 0 Å². The molecule has 0 bridgehead atoms. The van der Waals surface area contributed by atoms with Gasteiger partial charge in [-0.25, -0.2) is 4.98 Å². The molecule has 0 atom stereocenters. The summed E-state index contributed by atoms with van der Waals surface area (Å²) in [6, 6.07) is 7.94. The molecule has 84 valence electrons. The van der Waals surface area contributed by atoms with Crippen molar-refractivity contribution in [1.82, 2.24) is 9.97 Å². The van der Waals surface area contributed by atoms with E-state index in [1.807, 2.05) is 37.5 Å². The maximum absolute atomic E-state index is 5.31. The molecule has 2 rings (SSSR count). The van der Waals surface area contributed by atoms with Crippen molar-refractivity contribution < 1.29 is 4.74 Å². The number of aromatic amines is 1. The fraction of sp³-hybridized carbons (Fsp3) is 0.250. The lowest BCUT2D eigenvalue weighted by atomic mass is 10.2. The van der Waals surface area contributed by atoms with Crippen LogP contribution in [0.3, 0.4) is 0 Å². The van der Waals surface area contributed by atoms with Crippen LogP contribution in [-0.2, 0) is 6.54 Å². The van der Waals surface area contributed by atoms with Crippen molar-refractivity contribution in [2.24, 2.45) is 0 Å². The SMILES string of the molecule is COc1ccccc1N(C)Cc1ncc[nH]1. The topological polar surface area (TPSA) is 41.1 Å². The van der Waals surface area contributed by atoms with Crippen molar-refractivity contribution in [2.75, 3.05) is 19.1 Å². The first-order chi connectivity index (χ1) is 7.81. The van der Waals surface area contributed by atoms with Crippen molar-refractivity contribution in [2.45, 2.75) is 6.54 Å². The van der Waals surface area contributed by atoms with Crippen LogP contribution in [0.25, 0.3) is 0 Å². The Kier molecular flexibility index (Phi) is 3.10. The molecule has 0 saturated carbocycles. The highest BCUT2D eigenvalue weighted by Gasteiger charge is 2.08. The van der Waals surface area contributed by atoms with Gasteiger partial charge in [-0.1, -0.05) is 12.1 Å². The number of benzene rings is 1. The lowest BCUT2D eigenvalue weighted by molar-refractivity contribution is 0.414. The van der Waals surface area contributed by atoms with Gasteiger partial charge < -0.3 is 14.6 Å². The van der Waals surface area contributed by atoms with E-state index in [0.717, 1.165) is 23.8 Å². The molecule has 1 aromatic carbocycles. The lowest BCUT2D eigenvalue weighted by Crippen LogP contribution is -2.17. The first kappa shape index (κ1) is 10.5. The number of nitrogens with zero attached hydrogens (tertiary/aromatic N) is 2. The van der Waals surface area contributed by atoms with E-state index in [0.29, 0.717) is 0 Å². The van der Waals surface area contributed by atoms with E-state index >= 15 is 0 Å². The second-order valence-electron chi connectivity index (χ2n) is 3.56. The molecular weight excluding hydrogens is 202 g/mol.